The summed E-state index contributed by atoms with van der Waals surface area (Å²) in [6.45, 7) is 2.29. The van der Waals surface area contributed by atoms with Gasteiger partial charge in [0.2, 0.25) is 5.95 Å². The molecule has 0 atom stereocenters. The van der Waals surface area contributed by atoms with Crippen molar-refractivity contribution in [3.05, 3.63) is 59.8 Å². The number of amides is 1. The zero-order chi connectivity index (χ0) is 28.1. The molecule has 2 saturated carbocycles. The molecule has 0 radical (unpaired) electrons. The maximum absolute atomic E-state index is 15.5. The van der Waals surface area contributed by atoms with Crippen molar-refractivity contribution in [3.8, 4) is 11.3 Å². The molecular weight excluding hydrogens is 521 g/mol. The first-order valence-electron chi connectivity index (χ1n) is 14.8. The van der Waals surface area contributed by atoms with E-state index in [9.17, 15) is 9.90 Å². The Kier molecular flexibility index (Phi) is 6.83. The third kappa shape index (κ3) is 5.15. The molecule has 2 aliphatic carbocycles. The maximum atomic E-state index is 15.5. The summed E-state index contributed by atoms with van der Waals surface area (Å²) in [6, 6.07) is 8.79. The van der Waals surface area contributed by atoms with Crippen LogP contribution in [0.5, 0.6) is 0 Å². The summed E-state index contributed by atoms with van der Waals surface area (Å²) in [6.07, 6.45) is 12.3. The van der Waals surface area contributed by atoms with Crippen LogP contribution in [-0.4, -0.2) is 65.5 Å². The number of nitrogens with zero attached hydrogens (tertiary/aromatic N) is 6. The second-order valence-corrected chi connectivity index (χ2v) is 11.9. The van der Waals surface area contributed by atoms with Crippen molar-refractivity contribution in [2.45, 2.75) is 75.5 Å². The van der Waals surface area contributed by atoms with Crippen LogP contribution in [0.15, 0.2) is 42.9 Å². The molecule has 214 valence electrons. The summed E-state index contributed by atoms with van der Waals surface area (Å²) in [7, 11) is 1.75. The molecule has 0 unspecified atom stereocenters. The minimum atomic E-state index is -0.693. The predicted molar refractivity (Wildman–Crippen MR) is 154 cm³/mol. The van der Waals surface area contributed by atoms with Crippen LogP contribution in [-0.2, 0) is 7.05 Å². The van der Waals surface area contributed by atoms with Crippen molar-refractivity contribution < 1.29 is 14.3 Å². The minimum Gasteiger partial charge on any atom is -0.393 e. The molecule has 10 heteroatoms. The van der Waals surface area contributed by atoms with Gasteiger partial charge >= 0.3 is 0 Å². The Morgan fingerprint density at radius 1 is 1.02 bits per heavy atom. The lowest BCUT2D eigenvalue weighted by molar-refractivity contribution is 0.101. The molecule has 1 saturated heterocycles. The number of pyridine rings is 1. The number of aromatic nitrogens is 5. The topological polar surface area (TPSA) is 101 Å². The number of carbonyl (C=O) groups excluding carboxylic acids is 1. The molecular formula is C31H36FN7O2. The first kappa shape index (κ1) is 26.3. The van der Waals surface area contributed by atoms with Gasteiger partial charge in [0.15, 0.2) is 5.82 Å². The van der Waals surface area contributed by atoms with Gasteiger partial charge in [-0.15, -0.1) is 0 Å². The summed E-state index contributed by atoms with van der Waals surface area (Å²) >= 11 is 0. The number of nitrogens with one attached hydrogen (secondary N) is 1. The standard InChI is InChI=1S/C31H36FN7O2/c1-37-18-21(17-34-37)29-28(32)25(10-13-33-29)30(41)36-31-35-26-16-20(19-11-14-38(15-12-19)22-3-4-22)2-9-27(26)39(31)23-5-7-24(40)8-6-23/h2,9-10,13,16-19,22-24,40H,3-8,11-12,14-15H2,1H3,(H,35,36,41)/t23-,24+. The minimum absolute atomic E-state index is 0.0814. The van der Waals surface area contributed by atoms with E-state index in [0.717, 1.165) is 55.8 Å². The fraction of sp³-hybridized carbons (Fsp3) is 0.484. The van der Waals surface area contributed by atoms with Gasteiger partial charge in [0.05, 0.1) is 28.9 Å². The Bertz CT molecular complexity index is 1580. The fourth-order valence-electron chi connectivity index (χ4n) is 6.71. The summed E-state index contributed by atoms with van der Waals surface area (Å²) in [5, 5.41) is 17.2. The molecule has 9 nitrogen and oxygen atoms in total. The third-order valence-electron chi connectivity index (χ3n) is 9.15. The number of fused-ring (bicyclic) bond motifs is 1. The zero-order valence-electron chi connectivity index (χ0n) is 23.3. The first-order chi connectivity index (χ1) is 19.9. The van der Waals surface area contributed by atoms with Gasteiger partial charge in [-0.05, 0) is 94.1 Å². The van der Waals surface area contributed by atoms with Gasteiger partial charge in [-0.3, -0.25) is 19.8 Å². The number of halogens is 1. The van der Waals surface area contributed by atoms with E-state index in [4.69, 9.17) is 4.98 Å². The third-order valence-corrected chi connectivity index (χ3v) is 9.15. The van der Waals surface area contributed by atoms with Crippen LogP contribution >= 0.6 is 0 Å². The molecule has 3 fully saturated rings. The smallest absolute Gasteiger partial charge is 0.261 e. The Labute approximate surface area is 238 Å². The van der Waals surface area contributed by atoms with Crippen molar-refractivity contribution in [1.29, 1.82) is 0 Å². The van der Waals surface area contributed by atoms with E-state index in [1.165, 1.54) is 36.9 Å². The molecule has 7 rings (SSSR count). The van der Waals surface area contributed by atoms with Crippen molar-refractivity contribution >= 4 is 22.9 Å². The summed E-state index contributed by atoms with van der Waals surface area (Å²) in [5.41, 5.74) is 3.56. The molecule has 3 aliphatic rings. The Morgan fingerprint density at radius 2 is 1.78 bits per heavy atom. The average molecular weight is 558 g/mol. The van der Waals surface area contributed by atoms with E-state index in [1.807, 2.05) is 0 Å². The number of hydrogen-bond acceptors (Lipinski definition) is 6. The molecule has 4 heterocycles. The first-order valence-corrected chi connectivity index (χ1v) is 14.8. The maximum Gasteiger partial charge on any atom is 0.261 e. The number of imidazole rings is 1. The van der Waals surface area contributed by atoms with Crippen molar-refractivity contribution in [1.82, 2.24) is 29.2 Å². The molecule has 2 N–H and O–H groups in total. The number of benzene rings is 1. The quantitative estimate of drug-likeness (QED) is 0.345. The number of carbonyl (C=O) groups is 1. The lowest BCUT2D eigenvalue weighted by atomic mass is 9.89. The second kappa shape index (κ2) is 10.6. The summed E-state index contributed by atoms with van der Waals surface area (Å²) in [4.78, 5) is 25.2. The van der Waals surface area contributed by atoms with Crippen molar-refractivity contribution in [2.75, 3.05) is 18.4 Å². The number of aliphatic hydroxyl groups excluding tert-OH is 1. The zero-order valence-corrected chi connectivity index (χ0v) is 23.3. The second-order valence-electron chi connectivity index (χ2n) is 11.9. The summed E-state index contributed by atoms with van der Waals surface area (Å²) < 4.78 is 19.2. The number of piperidine rings is 1. The monoisotopic (exact) mass is 557 g/mol. The van der Waals surface area contributed by atoms with Crippen LogP contribution < -0.4 is 5.32 Å². The van der Waals surface area contributed by atoms with Crippen LogP contribution in [0, 0.1) is 5.82 Å². The van der Waals surface area contributed by atoms with Gasteiger partial charge in [0.25, 0.3) is 5.91 Å². The van der Waals surface area contributed by atoms with Crippen LogP contribution in [0.1, 0.15) is 79.2 Å². The molecule has 41 heavy (non-hydrogen) atoms. The summed E-state index contributed by atoms with van der Waals surface area (Å²) in [5.74, 6) is -0.359. The van der Waals surface area contributed by atoms with Crippen LogP contribution in [0.2, 0.25) is 0 Å². The van der Waals surface area contributed by atoms with E-state index < -0.39 is 11.7 Å². The fourth-order valence-corrected chi connectivity index (χ4v) is 6.71. The molecule has 1 aliphatic heterocycles. The highest BCUT2D eigenvalue weighted by molar-refractivity contribution is 6.05. The van der Waals surface area contributed by atoms with Crippen LogP contribution in [0.25, 0.3) is 22.3 Å². The lowest BCUT2D eigenvalue weighted by Gasteiger charge is -2.32. The number of likely N-dealkylation sites (tertiary alicyclic amines) is 1. The predicted octanol–water partition coefficient (Wildman–Crippen LogP) is 5.04. The van der Waals surface area contributed by atoms with Crippen LogP contribution in [0.4, 0.5) is 10.3 Å². The lowest BCUT2D eigenvalue weighted by Crippen LogP contribution is -2.34. The van der Waals surface area contributed by atoms with Crippen LogP contribution in [0.3, 0.4) is 0 Å². The van der Waals surface area contributed by atoms with Gasteiger partial charge in [0, 0.05) is 37.1 Å². The van der Waals surface area contributed by atoms with E-state index in [1.54, 1.807) is 17.9 Å². The number of rotatable bonds is 6. The molecule has 3 aromatic heterocycles. The molecule has 0 spiro atoms. The highest BCUT2D eigenvalue weighted by atomic mass is 19.1. The van der Waals surface area contributed by atoms with Gasteiger partial charge < -0.3 is 14.6 Å². The number of hydrogen-bond donors (Lipinski definition) is 2. The van der Waals surface area contributed by atoms with E-state index in [0.29, 0.717) is 30.3 Å². The largest absolute Gasteiger partial charge is 0.393 e. The van der Waals surface area contributed by atoms with Gasteiger partial charge in [-0.2, -0.15) is 5.10 Å². The normalized spacial score (nSPS) is 22.3. The SMILES string of the molecule is Cn1cc(-c2nccc(C(=O)Nc3nc4cc(C5CCN(C6CC6)CC5)ccc4n3[C@H]3CC[C@@H](O)CC3)c2F)cn1. The molecule has 1 amide bonds. The van der Waals surface area contributed by atoms with E-state index in [-0.39, 0.29) is 23.4 Å². The van der Waals surface area contributed by atoms with Crippen molar-refractivity contribution in [3.63, 3.8) is 0 Å². The molecule has 0 bridgehead atoms. The Hall–Kier alpha value is -3.63. The van der Waals surface area contributed by atoms with E-state index in [2.05, 4.69) is 43.1 Å². The number of anilines is 1. The Balaban J connectivity index is 1.20. The van der Waals surface area contributed by atoms with Gasteiger partial charge in [-0.25, -0.2) is 9.37 Å². The van der Waals surface area contributed by atoms with E-state index >= 15 is 4.39 Å². The molecule has 4 aromatic rings. The van der Waals surface area contributed by atoms with Gasteiger partial charge in [0.1, 0.15) is 5.69 Å². The highest BCUT2D eigenvalue weighted by Crippen LogP contribution is 2.38. The number of aliphatic hydroxyl groups is 1. The van der Waals surface area contributed by atoms with Gasteiger partial charge in [-0.1, -0.05) is 6.07 Å². The Morgan fingerprint density at radius 3 is 2.49 bits per heavy atom. The average Bonchev–Trinajstić information content (AvgIpc) is 3.65. The van der Waals surface area contributed by atoms with Crippen molar-refractivity contribution in [2.24, 2.45) is 7.05 Å². The molecule has 1 aromatic carbocycles. The number of aryl methyl sites for hydroxylation is 1. The highest BCUT2D eigenvalue weighted by Gasteiger charge is 2.33.